The number of nitrogens with zero attached hydrogens (tertiary/aromatic N) is 2. The van der Waals surface area contributed by atoms with E-state index in [1.807, 2.05) is 18.6 Å². The summed E-state index contributed by atoms with van der Waals surface area (Å²) in [6, 6.07) is 9.79. The Kier molecular flexibility index (Phi) is 8.56. The molecule has 0 aliphatic rings. The maximum Gasteiger partial charge on any atom is 0.422 e. The lowest BCUT2D eigenvalue weighted by Crippen LogP contribution is -2.30. The number of hydrogen-bond donors (Lipinski definition) is 3. The van der Waals surface area contributed by atoms with Crippen LogP contribution >= 0.6 is 0 Å². The van der Waals surface area contributed by atoms with Crippen LogP contribution in [0.15, 0.2) is 53.6 Å². The minimum Gasteiger partial charge on any atom is -0.493 e. The van der Waals surface area contributed by atoms with Crippen molar-refractivity contribution >= 4 is 15.8 Å². The largest absolute Gasteiger partial charge is 0.493 e. The molecule has 3 rings (SSSR count). The Bertz CT molecular complexity index is 1350. The number of aromatic nitrogens is 2. The van der Waals surface area contributed by atoms with Gasteiger partial charge in [-0.3, -0.25) is 0 Å². The van der Waals surface area contributed by atoms with Crippen molar-refractivity contribution in [2.24, 2.45) is 5.92 Å². The molecule has 0 fully saturated rings. The first kappa shape index (κ1) is 28.1. The van der Waals surface area contributed by atoms with Gasteiger partial charge >= 0.3 is 6.18 Å². The molecule has 0 saturated heterocycles. The normalized spacial score (nSPS) is 13.0. The smallest absolute Gasteiger partial charge is 0.422 e. The molecule has 14 heteroatoms. The molecule has 0 amide bonds. The summed E-state index contributed by atoms with van der Waals surface area (Å²) in [7, 11) is -4.44. The third-order valence-electron chi connectivity index (χ3n) is 4.59. The van der Waals surface area contributed by atoms with E-state index in [4.69, 9.17) is 15.2 Å². The van der Waals surface area contributed by atoms with Gasteiger partial charge in [-0.05, 0) is 42.3 Å². The van der Waals surface area contributed by atoms with Crippen LogP contribution in [0.4, 0.5) is 23.4 Å². The minimum absolute atomic E-state index is 0.0117. The van der Waals surface area contributed by atoms with Crippen LogP contribution in [0.3, 0.4) is 0 Å². The standard InChI is InChI=1S/C23H24F4N4O5S/c1-13(2)11-35-16-9-14(8-15(24)10-16)18-7-6-17(22(29-18)36-12-23(25,26)27)21(32)31-37(33,34)20-5-3-4-19(28)30-20/h3-10,13,21,31-32H,11-12H2,1-2H3,(H2,28,30). The van der Waals surface area contributed by atoms with E-state index in [-0.39, 0.29) is 28.7 Å². The zero-order valence-electron chi connectivity index (χ0n) is 19.7. The first-order valence-electron chi connectivity index (χ1n) is 10.8. The Labute approximate surface area is 210 Å². The molecule has 0 aliphatic heterocycles. The van der Waals surface area contributed by atoms with Gasteiger partial charge in [-0.15, -0.1) is 0 Å². The molecular formula is C23H24F4N4O5S. The summed E-state index contributed by atoms with van der Waals surface area (Å²) in [6.45, 7) is 2.31. The average molecular weight is 545 g/mol. The maximum atomic E-state index is 14.2. The number of benzene rings is 1. The Morgan fingerprint density at radius 3 is 2.46 bits per heavy atom. The fourth-order valence-corrected chi connectivity index (χ4v) is 4.02. The van der Waals surface area contributed by atoms with Gasteiger partial charge in [0.05, 0.1) is 17.9 Å². The van der Waals surface area contributed by atoms with Gasteiger partial charge in [0, 0.05) is 11.6 Å². The van der Waals surface area contributed by atoms with E-state index in [1.54, 1.807) is 0 Å². The molecule has 1 atom stereocenters. The number of pyridine rings is 2. The summed E-state index contributed by atoms with van der Waals surface area (Å²) in [5.74, 6) is -1.18. The van der Waals surface area contributed by atoms with Gasteiger partial charge in [0.1, 0.15) is 23.6 Å². The van der Waals surface area contributed by atoms with Gasteiger partial charge in [0.15, 0.2) is 11.6 Å². The number of hydrogen-bond acceptors (Lipinski definition) is 8. The number of alkyl halides is 3. The van der Waals surface area contributed by atoms with Crippen LogP contribution in [0.5, 0.6) is 11.6 Å². The molecule has 0 radical (unpaired) electrons. The monoisotopic (exact) mass is 544 g/mol. The summed E-state index contributed by atoms with van der Waals surface area (Å²) in [4.78, 5) is 7.64. The second-order valence-electron chi connectivity index (χ2n) is 8.30. The maximum absolute atomic E-state index is 14.2. The fraction of sp³-hybridized carbons (Fsp3) is 0.304. The Hall–Kier alpha value is -3.49. The van der Waals surface area contributed by atoms with Crippen molar-refractivity contribution in [1.82, 2.24) is 14.7 Å². The van der Waals surface area contributed by atoms with E-state index >= 15 is 0 Å². The first-order chi connectivity index (χ1) is 17.2. The number of aliphatic hydroxyl groups excluding tert-OH is 1. The number of rotatable bonds is 10. The summed E-state index contributed by atoms with van der Waals surface area (Å²) in [5, 5.41) is 10.0. The number of sulfonamides is 1. The molecule has 200 valence electrons. The van der Waals surface area contributed by atoms with Crippen LogP contribution in [-0.4, -0.2) is 42.9 Å². The topological polar surface area (TPSA) is 137 Å². The summed E-state index contributed by atoms with van der Waals surface area (Å²) < 4.78 is 90.2. The molecule has 37 heavy (non-hydrogen) atoms. The highest BCUT2D eigenvalue weighted by Crippen LogP contribution is 2.31. The number of anilines is 1. The van der Waals surface area contributed by atoms with Gasteiger partial charge in [-0.2, -0.15) is 17.9 Å². The Balaban J connectivity index is 1.97. The van der Waals surface area contributed by atoms with Crippen LogP contribution in [0.2, 0.25) is 0 Å². The lowest BCUT2D eigenvalue weighted by molar-refractivity contribution is -0.154. The Morgan fingerprint density at radius 1 is 1.08 bits per heavy atom. The zero-order valence-corrected chi connectivity index (χ0v) is 20.5. The molecule has 2 heterocycles. The molecule has 0 bridgehead atoms. The lowest BCUT2D eigenvalue weighted by atomic mass is 10.1. The average Bonchev–Trinajstić information content (AvgIpc) is 2.80. The molecule has 1 unspecified atom stereocenters. The summed E-state index contributed by atoms with van der Waals surface area (Å²) in [5.41, 5.74) is 5.21. The highest BCUT2D eigenvalue weighted by atomic mass is 32.2. The van der Waals surface area contributed by atoms with Crippen molar-refractivity contribution in [3.63, 3.8) is 0 Å². The highest BCUT2D eigenvalue weighted by Gasteiger charge is 2.31. The van der Waals surface area contributed by atoms with Crippen LogP contribution in [0.1, 0.15) is 25.6 Å². The number of nitrogen functional groups attached to an aromatic ring is 1. The molecule has 1 aromatic carbocycles. The Morgan fingerprint density at radius 2 is 1.81 bits per heavy atom. The van der Waals surface area contributed by atoms with Crippen molar-refractivity contribution in [3.05, 3.63) is 59.9 Å². The summed E-state index contributed by atoms with van der Waals surface area (Å²) in [6.07, 6.45) is -6.84. The van der Waals surface area contributed by atoms with Crippen molar-refractivity contribution in [3.8, 4) is 22.9 Å². The number of nitrogens with two attached hydrogens (primary N) is 1. The van der Waals surface area contributed by atoms with Crippen LogP contribution in [0, 0.1) is 11.7 Å². The first-order valence-corrected chi connectivity index (χ1v) is 12.3. The third-order valence-corrected chi connectivity index (χ3v) is 5.91. The molecule has 0 saturated carbocycles. The number of ether oxygens (including phenoxy) is 2. The molecule has 0 spiro atoms. The van der Waals surface area contributed by atoms with Crippen molar-refractivity contribution in [2.45, 2.75) is 31.3 Å². The van der Waals surface area contributed by atoms with E-state index in [9.17, 15) is 31.1 Å². The molecule has 9 nitrogen and oxygen atoms in total. The van der Waals surface area contributed by atoms with E-state index < -0.39 is 51.3 Å². The van der Waals surface area contributed by atoms with Gasteiger partial charge in [0.2, 0.25) is 5.88 Å². The highest BCUT2D eigenvalue weighted by molar-refractivity contribution is 7.89. The molecule has 4 N–H and O–H groups in total. The zero-order chi connectivity index (χ0) is 27.4. The molecule has 0 aliphatic carbocycles. The predicted molar refractivity (Wildman–Crippen MR) is 125 cm³/mol. The second-order valence-corrected chi connectivity index (χ2v) is 9.96. The van der Waals surface area contributed by atoms with Crippen molar-refractivity contribution < 1.29 is 40.6 Å². The molecule has 2 aromatic heterocycles. The number of aliphatic hydroxyl groups is 1. The predicted octanol–water partition coefficient (Wildman–Crippen LogP) is 3.81. The van der Waals surface area contributed by atoms with E-state index in [0.717, 1.165) is 24.3 Å². The second kappa shape index (κ2) is 11.3. The number of halogens is 4. The van der Waals surface area contributed by atoms with Crippen LogP contribution in [-0.2, 0) is 10.0 Å². The fourth-order valence-electron chi connectivity index (χ4n) is 2.99. The molecular weight excluding hydrogens is 520 g/mol. The van der Waals surface area contributed by atoms with Gasteiger partial charge < -0.3 is 20.3 Å². The van der Waals surface area contributed by atoms with Crippen LogP contribution in [0.25, 0.3) is 11.3 Å². The van der Waals surface area contributed by atoms with E-state index in [2.05, 4.69) is 9.97 Å². The van der Waals surface area contributed by atoms with Gasteiger partial charge in [0.25, 0.3) is 10.0 Å². The van der Waals surface area contributed by atoms with Gasteiger partial charge in [-0.1, -0.05) is 19.9 Å². The quantitative estimate of drug-likeness (QED) is 0.259. The molecule has 3 aromatic rings. The van der Waals surface area contributed by atoms with Crippen molar-refractivity contribution in [1.29, 1.82) is 0 Å². The summed E-state index contributed by atoms with van der Waals surface area (Å²) >= 11 is 0. The number of nitrogens with one attached hydrogen (secondary N) is 1. The third kappa shape index (κ3) is 8.00. The van der Waals surface area contributed by atoms with E-state index in [0.29, 0.717) is 6.61 Å². The van der Waals surface area contributed by atoms with Crippen molar-refractivity contribution in [2.75, 3.05) is 18.9 Å². The lowest BCUT2D eigenvalue weighted by Gasteiger charge is -2.18. The SMILES string of the molecule is CC(C)COc1cc(F)cc(-c2ccc(C(O)NS(=O)(=O)c3cccc(N)n3)c(OCC(F)(F)F)n2)c1. The van der Waals surface area contributed by atoms with Crippen LogP contribution < -0.4 is 19.9 Å². The minimum atomic E-state index is -4.76. The van der Waals surface area contributed by atoms with Gasteiger partial charge in [-0.25, -0.2) is 22.8 Å². The van der Waals surface area contributed by atoms with E-state index in [1.165, 1.54) is 24.3 Å².